The average molecular weight is 472 g/mol. The van der Waals surface area contributed by atoms with Gasteiger partial charge in [-0.15, -0.1) is 5.54 Å². The summed E-state index contributed by atoms with van der Waals surface area (Å²) < 4.78 is 0. The van der Waals surface area contributed by atoms with Gasteiger partial charge in [0.2, 0.25) is 0 Å². The van der Waals surface area contributed by atoms with Crippen LogP contribution in [-0.2, 0) is 5.60 Å². The molecular weight excluding hydrogens is 430 g/mol. The molecule has 1 N–H and O–H groups in total. The zero-order valence-corrected chi connectivity index (χ0v) is 23.5. The number of nitrogens with zero attached hydrogens (tertiary/aromatic N) is 1. The van der Waals surface area contributed by atoms with E-state index in [1.165, 1.54) is 0 Å². The molecule has 0 bridgehead atoms. The van der Waals surface area contributed by atoms with Gasteiger partial charge in [-0.1, -0.05) is 83.4 Å². The summed E-state index contributed by atoms with van der Waals surface area (Å²) in [6, 6.07) is 9.29. The van der Waals surface area contributed by atoms with E-state index >= 15 is 0 Å². The van der Waals surface area contributed by atoms with Crippen molar-refractivity contribution in [3.8, 4) is 22.7 Å². The number of aromatic nitrogens is 1. The number of fused-ring (bicyclic) bond motifs is 3. The topological polar surface area (TPSA) is 33.1 Å². The van der Waals surface area contributed by atoms with Crippen LogP contribution in [0.3, 0.4) is 0 Å². The highest BCUT2D eigenvalue weighted by Gasteiger charge is 2.43. The van der Waals surface area contributed by atoms with E-state index in [0.717, 1.165) is 57.2 Å². The van der Waals surface area contributed by atoms with E-state index in [4.69, 9.17) is 4.98 Å². The van der Waals surface area contributed by atoms with E-state index in [1.807, 2.05) is 44.2 Å². The lowest BCUT2D eigenvalue weighted by molar-refractivity contribution is 0.164. The molecule has 1 aromatic heterocycles. The lowest BCUT2D eigenvalue weighted by Crippen LogP contribution is -2.41. The summed E-state index contributed by atoms with van der Waals surface area (Å²) in [7, 11) is -1.95. The Morgan fingerprint density at radius 2 is 1.71 bits per heavy atom. The average Bonchev–Trinajstić information content (AvgIpc) is 2.80. The first-order chi connectivity index (χ1) is 16.1. The maximum Gasteiger partial charge on any atom is 0.177 e. The van der Waals surface area contributed by atoms with Crippen molar-refractivity contribution in [2.45, 2.75) is 91.5 Å². The van der Waals surface area contributed by atoms with Crippen LogP contribution in [0.2, 0.25) is 17.1 Å². The van der Waals surface area contributed by atoms with Crippen LogP contribution in [0.4, 0.5) is 0 Å². The van der Waals surface area contributed by atoms with Crippen molar-refractivity contribution in [2.75, 3.05) is 0 Å². The fourth-order valence-corrected chi connectivity index (χ4v) is 10.1. The SMILES string of the molecule is CC=Cc1nc2c(c(C)c1C)C(=CC)C(O)(C#C[Si](CCC)(C(C)C)C(C)C)c1ccccc1-2. The summed E-state index contributed by atoms with van der Waals surface area (Å²) in [5.74, 6) is 3.53. The monoisotopic (exact) mass is 471 g/mol. The van der Waals surface area contributed by atoms with Gasteiger partial charge < -0.3 is 5.11 Å². The van der Waals surface area contributed by atoms with Crippen LogP contribution < -0.4 is 0 Å². The van der Waals surface area contributed by atoms with Crippen LogP contribution >= 0.6 is 0 Å². The van der Waals surface area contributed by atoms with Crippen molar-refractivity contribution in [1.82, 2.24) is 4.98 Å². The van der Waals surface area contributed by atoms with Crippen molar-refractivity contribution in [3.63, 3.8) is 0 Å². The van der Waals surface area contributed by atoms with Crippen molar-refractivity contribution in [2.24, 2.45) is 0 Å². The predicted molar refractivity (Wildman–Crippen MR) is 150 cm³/mol. The van der Waals surface area contributed by atoms with E-state index in [9.17, 15) is 5.11 Å². The predicted octanol–water partition coefficient (Wildman–Crippen LogP) is 8.22. The van der Waals surface area contributed by atoms with Crippen molar-refractivity contribution < 1.29 is 5.11 Å². The van der Waals surface area contributed by atoms with Gasteiger partial charge in [-0.3, -0.25) is 0 Å². The standard InChI is InChI=1S/C31H41NOSi/c1-10-15-28-23(8)24(9)29-26(12-3)31(33,27-17-14-13-16-25(27)30(29)32-28)18-20-34(19-11-2,21(4)5)22(6)7/h10,12-17,21-22,33H,11,19H2,1-9H3. The summed E-state index contributed by atoms with van der Waals surface area (Å²) in [6.07, 6.45) is 7.27. The Morgan fingerprint density at radius 3 is 2.26 bits per heavy atom. The minimum absolute atomic E-state index is 0.526. The number of hydrogen-bond donors (Lipinski definition) is 1. The van der Waals surface area contributed by atoms with Crippen LogP contribution in [0.25, 0.3) is 22.9 Å². The molecule has 1 aliphatic carbocycles. The minimum atomic E-state index is -1.95. The first kappa shape index (κ1) is 26.2. The Morgan fingerprint density at radius 1 is 1.06 bits per heavy atom. The third-order valence-corrected chi connectivity index (χ3v) is 13.9. The highest BCUT2D eigenvalue weighted by atomic mass is 28.3. The quantitative estimate of drug-likeness (QED) is 0.352. The second-order valence-corrected chi connectivity index (χ2v) is 15.4. The summed E-state index contributed by atoms with van der Waals surface area (Å²) in [5, 5.41) is 12.5. The molecule has 1 heterocycles. The van der Waals surface area contributed by atoms with Crippen molar-refractivity contribution in [1.29, 1.82) is 0 Å². The zero-order chi connectivity index (χ0) is 25.3. The second-order valence-electron chi connectivity index (χ2n) is 10.3. The molecule has 0 amide bonds. The first-order valence-corrected chi connectivity index (χ1v) is 15.1. The summed E-state index contributed by atoms with van der Waals surface area (Å²) in [4.78, 5) is 5.08. The Labute approximate surface area is 208 Å². The molecule has 3 rings (SSSR count). The van der Waals surface area contributed by atoms with Crippen LogP contribution in [0.5, 0.6) is 0 Å². The molecule has 0 spiro atoms. The zero-order valence-electron chi connectivity index (χ0n) is 22.5. The van der Waals surface area contributed by atoms with Gasteiger partial charge >= 0.3 is 0 Å². The smallest absolute Gasteiger partial charge is 0.177 e. The Balaban J connectivity index is 2.39. The molecule has 1 atom stereocenters. The van der Waals surface area contributed by atoms with Gasteiger partial charge in [-0.25, -0.2) is 4.98 Å². The van der Waals surface area contributed by atoms with E-state index in [0.29, 0.717) is 11.1 Å². The summed E-state index contributed by atoms with van der Waals surface area (Å²) in [5.41, 5.74) is 11.4. The Hall–Kier alpha value is -2.41. The van der Waals surface area contributed by atoms with Gasteiger partial charge in [0.25, 0.3) is 0 Å². The highest BCUT2D eigenvalue weighted by molar-refractivity contribution is 6.89. The molecule has 0 saturated carbocycles. The molecule has 180 valence electrons. The van der Waals surface area contributed by atoms with E-state index in [1.54, 1.807) is 0 Å². The lowest BCUT2D eigenvalue weighted by Gasteiger charge is -2.38. The number of pyridine rings is 1. The van der Waals surface area contributed by atoms with Crippen molar-refractivity contribution >= 4 is 19.7 Å². The third kappa shape index (κ3) is 4.12. The minimum Gasteiger partial charge on any atom is -0.369 e. The van der Waals surface area contributed by atoms with Gasteiger partial charge in [0.1, 0.15) is 8.07 Å². The number of benzene rings is 1. The van der Waals surface area contributed by atoms with Crippen LogP contribution in [0.15, 0.2) is 36.4 Å². The largest absolute Gasteiger partial charge is 0.369 e. The Bertz CT molecular complexity index is 1180. The lowest BCUT2D eigenvalue weighted by atomic mass is 9.72. The van der Waals surface area contributed by atoms with Crippen molar-refractivity contribution in [3.05, 3.63) is 64.4 Å². The molecule has 2 aromatic rings. The Kier molecular flexibility index (Phi) is 7.75. The molecule has 1 aromatic carbocycles. The van der Waals surface area contributed by atoms with Crippen LogP contribution in [-0.4, -0.2) is 18.2 Å². The summed E-state index contributed by atoms with van der Waals surface area (Å²) >= 11 is 0. The molecular formula is C31H41NOSi. The van der Waals surface area contributed by atoms with Gasteiger partial charge in [0, 0.05) is 22.3 Å². The number of allylic oxidation sites excluding steroid dienone is 2. The number of hydrogen-bond acceptors (Lipinski definition) is 2. The maximum atomic E-state index is 12.5. The maximum absolute atomic E-state index is 12.5. The van der Waals surface area contributed by atoms with Gasteiger partial charge in [0.15, 0.2) is 5.60 Å². The molecule has 0 radical (unpaired) electrons. The van der Waals surface area contributed by atoms with E-state index in [-0.39, 0.29) is 0 Å². The molecule has 0 aliphatic heterocycles. The normalized spacial score (nSPS) is 18.9. The van der Waals surface area contributed by atoms with Crippen LogP contribution in [0, 0.1) is 25.3 Å². The molecule has 3 heteroatoms. The number of rotatable bonds is 5. The van der Waals surface area contributed by atoms with Crippen LogP contribution in [0.1, 0.15) is 82.8 Å². The third-order valence-electron chi connectivity index (χ3n) is 7.84. The molecule has 0 fully saturated rings. The van der Waals surface area contributed by atoms with Gasteiger partial charge in [0.05, 0.1) is 11.4 Å². The van der Waals surface area contributed by atoms with Gasteiger partial charge in [-0.05, 0) is 62.0 Å². The fraction of sp³-hybridized carbons (Fsp3) is 0.452. The highest BCUT2D eigenvalue weighted by Crippen LogP contribution is 2.50. The van der Waals surface area contributed by atoms with Gasteiger partial charge in [-0.2, -0.15) is 0 Å². The molecule has 1 unspecified atom stereocenters. The first-order valence-electron chi connectivity index (χ1n) is 12.8. The second kappa shape index (κ2) is 10.1. The fourth-order valence-electron chi connectivity index (χ4n) is 5.70. The van der Waals surface area contributed by atoms with E-state index in [2.05, 4.69) is 72.1 Å². The molecule has 1 aliphatic rings. The summed E-state index contributed by atoms with van der Waals surface area (Å²) in [6.45, 7) is 19.8. The molecule has 2 nitrogen and oxygen atoms in total. The molecule has 34 heavy (non-hydrogen) atoms. The number of aliphatic hydroxyl groups is 1. The van der Waals surface area contributed by atoms with E-state index < -0.39 is 13.7 Å². The molecule has 0 saturated heterocycles.